The lowest BCUT2D eigenvalue weighted by Crippen LogP contribution is -1.96. The van der Waals surface area contributed by atoms with E-state index in [1.54, 1.807) is 0 Å². The summed E-state index contributed by atoms with van der Waals surface area (Å²) in [5, 5.41) is 1.23. The van der Waals surface area contributed by atoms with Crippen LogP contribution in [0.1, 0.15) is 29.5 Å². The Labute approximate surface area is 147 Å². The lowest BCUT2D eigenvalue weighted by Gasteiger charge is -2.11. The number of nitrogens with one attached hydrogen (secondary N) is 1. The predicted molar refractivity (Wildman–Crippen MR) is 101 cm³/mol. The average molecular weight is 328 g/mol. The highest BCUT2D eigenvalue weighted by Gasteiger charge is 2.13. The zero-order valence-electron chi connectivity index (χ0n) is 14.1. The first kappa shape index (κ1) is 15.5. The van der Waals surface area contributed by atoms with Gasteiger partial charge in [-0.25, -0.2) is 0 Å². The first-order valence-electron chi connectivity index (χ1n) is 8.49. The fourth-order valence-electron chi connectivity index (χ4n) is 3.15. The summed E-state index contributed by atoms with van der Waals surface area (Å²) in [6.45, 7) is 2.80. The fourth-order valence-corrected chi connectivity index (χ4v) is 3.15. The van der Waals surface area contributed by atoms with E-state index in [-0.39, 0.29) is 0 Å². The largest absolute Gasteiger partial charge is 0.489 e. The number of pyridine rings is 1. The topological polar surface area (TPSA) is 37.9 Å². The second-order valence-electron chi connectivity index (χ2n) is 6.23. The summed E-state index contributed by atoms with van der Waals surface area (Å²) < 4.78 is 5.93. The maximum Gasteiger partial charge on any atom is 0.121 e. The Balaban J connectivity index is 1.57. The number of benzene rings is 2. The number of aromatic amines is 1. The van der Waals surface area contributed by atoms with E-state index >= 15 is 0 Å². The summed E-state index contributed by atoms with van der Waals surface area (Å²) in [7, 11) is 0. The van der Waals surface area contributed by atoms with Gasteiger partial charge in [0, 0.05) is 41.5 Å². The van der Waals surface area contributed by atoms with E-state index < -0.39 is 0 Å². The molecule has 3 nitrogen and oxygen atoms in total. The van der Waals surface area contributed by atoms with Gasteiger partial charge in [0.15, 0.2) is 0 Å². The van der Waals surface area contributed by atoms with Crippen LogP contribution in [0.15, 0.2) is 79.3 Å². The van der Waals surface area contributed by atoms with Gasteiger partial charge >= 0.3 is 0 Å². The van der Waals surface area contributed by atoms with Gasteiger partial charge in [-0.15, -0.1) is 0 Å². The van der Waals surface area contributed by atoms with Gasteiger partial charge in [-0.1, -0.05) is 37.3 Å². The van der Waals surface area contributed by atoms with Crippen molar-refractivity contribution in [3.8, 4) is 5.75 Å². The van der Waals surface area contributed by atoms with E-state index in [2.05, 4.69) is 59.5 Å². The molecule has 0 aliphatic carbocycles. The summed E-state index contributed by atoms with van der Waals surface area (Å²) in [6.07, 6.45) is 5.78. The maximum atomic E-state index is 5.93. The molecular formula is C22H20N2O. The van der Waals surface area contributed by atoms with Gasteiger partial charge in [0.1, 0.15) is 12.4 Å². The van der Waals surface area contributed by atoms with Gasteiger partial charge < -0.3 is 9.72 Å². The molecule has 0 amide bonds. The number of hydrogen-bond acceptors (Lipinski definition) is 2. The van der Waals surface area contributed by atoms with Crippen molar-refractivity contribution >= 4 is 10.9 Å². The Hall–Kier alpha value is -3.07. The van der Waals surface area contributed by atoms with Gasteiger partial charge in [-0.2, -0.15) is 0 Å². The zero-order chi connectivity index (χ0) is 17.1. The molecule has 4 rings (SSSR count). The number of aromatic nitrogens is 2. The Morgan fingerprint density at radius 1 is 1.00 bits per heavy atom. The highest BCUT2D eigenvalue weighted by molar-refractivity contribution is 5.85. The quantitative estimate of drug-likeness (QED) is 0.540. The molecule has 3 heteroatoms. The highest BCUT2D eigenvalue weighted by atomic mass is 16.5. The molecule has 0 bridgehead atoms. The SMILES string of the molecule is CC(c1ccncc1)c1c[nH]c2cc(OCc3ccccc3)ccc12. The Bertz CT molecular complexity index is 961. The summed E-state index contributed by atoms with van der Waals surface area (Å²) in [4.78, 5) is 7.49. The summed E-state index contributed by atoms with van der Waals surface area (Å²) >= 11 is 0. The molecule has 2 heterocycles. The number of H-pyrrole nitrogens is 1. The Morgan fingerprint density at radius 3 is 2.60 bits per heavy atom. The standard InChI is InChI=1S/C22H20N2O/c1-16(18-9-11-23-12-10-18)21-14-24-22-13-19(7-8-20(21)22)25-15-17-5-3-2-4-6-17/h2-14,16,24H,15H2,1H3. The number of ether oxygens (including phenoxy) is 1. The van der Waals surface area contributed by atoms with Crippen LogP contribution in [0.2, 0.25) is 0 Å². The van der Waals surface area contributed by atoms with Gasteiger partial charge in [0.05, 0.1) is 0 Å². The van der Waals surface area contributed by atoms with Crippen LogP contribution in [0, 0.1) is 0 Å². The normalized spacial score (nSPS) is 12.2. The van der Waals surface area contributed by atoms with Gasteiger partial charge in [-0.3, -0.25) is 4.98 Å². The van der Waals surface area contributed by atoms with Gasteiger partial charge in [0.2, 0.25) is 0 Å². The molecular weight excluding hydrogens is 308 g/mol. The minimum atomic E-state index is 0.313. The first-order chi connectivity index (χ1) is 12.3. The van der Waals surface area contributed by atoms with Crippen molar-refractivity contribution in [1.29, 1.82) is 0 Å². The molecule has 0 spiro atoms. The Morgan fingerprint density at radius 2 is 1.80 bits per heavy atom. The molecule has 0 radical (unpaired) electrons. The van der Waals surface area contributed by atoms with Crippen molar-refractivity contribution in [2.45, 2.75) is 19.4 Å². The van der Waals surface area contributed by atoms with Crippen molar-refractivity contribution in [2.75, 3.05) is 0 Å². The van der Waals surface area contributed by atoms with Crippen LogP contribution < -0.4 is 4.74 Å². The van der Waals surface area contributed by atoms with Crippen LogP contribution in [0.4, 0.5) is 0 Å². The number of hydrogen-bond donors (Lipinski definition) is 1. The van der Waals surface area contributed by atoms with Crippen LogP contribution >= 0.6 is 0 Å². The number of rotatable bonds is 5. The number of fused-ring (bicyclic) bond motifs is 1. The third-order valence-electron chi connectivity index (χ3n) is 4.61. The third-order valence-corrected chi connectivity index (χ3v) is 4.61. The van der Waals surface area contributed by atoms with Crippen molar-refractivity contribution in [3.63, 3.8) is 0 Å². The second kappa shape index (κ2) is 6.81. The lowest BCUT2D eigenvalue weighted by atomic mass is 9.94. The van der Waals surface area contributed by atoms with Gasteiger partial charge in [-0.05, 0) is 41.0 Å². The van der Waals surface area contributed by atoms with E-state index in [9.17, 15) is 0 Å². The molecule has 0 saturated heterocycles. The van der Waals surface area contributed by atoms with Crippen LogP contribution in [0.25, 0.3) is 10.9 Å². The summed E-state index contributed by atoms with van der Waals surface area (Å²) in [5.74, 6) is 1.19. The average Bonchev–Trinajstić information content (AvgIpc) is 3.10. The maximum absolute atomic E-state index is 5.93. The Kier molecular flexibility index (Phi) is 4.21. The molecule has 124 valence electrons. The highest BCUT2D eigenvalue weighted by Crippen LogP contribution is 2.32. The third kappa shape index (κ3) is 3.26. The monoisotopic (exact) mass is 328 g/mol. The lowest BCUT2D eigenvalue weighted by molar-refractivity contribution is 0.306. The van der Waals surface area contributed by atoms with E-state index in [4.69, 9.17) is 4.74 Å². The second-order valence-corrected chi connectivity index (χ2v) is 6.23. The van der Waals surface area contributed by atoms with Crippen LogP contribution in [0.5, 0.6) is 5.75 Å². The minimum Gasteiger partial charge on any atom is -0.489 e. The molecule has 0 aliphatic heterocycles. The molecule has 0 aliphatic rings. The molecule has 1 N–H and O–H groups in total. The first-order valence-corrected chi connectivity index (χ1v) is 8.49. The molecule has 0 saturated carbocycles. The zero-order valence-corrected chi connectivity index (χ0v) is 14.1. The van der Waals surface area contributed by atoms with E-state index in [1.165, 1.54) is 22.1 Å². The van der Waals surface area contributed by atoms with E-state index in [0.29, 0.717) is 12.5 Å². The van der Waals surface area contributed by atoms with Gasteiger partial charge in [0.25, 0.3) is 0 Å². The van der Waals surface area contributed by atoms with Crippen LogP contribution in [-0.4, -0.2) is 9.97 Å². The van der Waals surface area contributed by atoms with Crippen molar-refractivity contribution in [1.82, 2.24) is 9.97 Å². The molecule has 0 fully saturated rings. The van der Waals surface area contributed by atoms with Crippen LogP contribution in [-0.2, 0) is 6.61 Å². The summed E-state index contributed by atoms with van der Waals surface area (Å²) in [5.41, 5.74) is 4.82. The van der Waals surface area contributed by atoms with Crippen LogP contribution in [0.3, 0.4) is 0 Å². The molecule has 1 atom stereocenters. The van der Waals surface area contributed by atoms with Crippen molar-refractivity contribution in [2.24, 2.45) is 0 Å². The number of nitrogens with zero attached hydrogens (tertiary/aromatic N) is 1. The minimum absolute atomic E-state index is 0.313. The van der Waals surface area contributed by atoms with E-state index in [0.717, 1.165) is 11.3 Å². The van der Waals surface area contributed by atoms with E-state index in [1.807, 2.05) is 36.7 Å². The van der Waals surface area contributed by atoms with Crippen molar-refractivity contribution in [3.05, 3.63) is 95.9 Å². The predicted octanol–water partition coefficient (Wildman–Crippen LogP) is 5.29. The molecule has 25 heavy (non-hydrogen) atoms. The molecule has 2 aromatic heterocycles. The molecule has 1 unspecified atom stereocenters. The van der Waals surface area contributed by atoms with Crippen molar-refractivity contribution < 1.29 is 4.74 Å². The smallest absolute Gasteiger partial charge is 0.121 e. The molecule has 4 aromatic rings. The fraction of sp³-hybridized carbons (Fsp3) is 0.136. The molecule has 2 aromatic carbocycles. The summed E-state index contributed by atoms with van der Waals surface area (Å²) in [6, 6.07) is 20.6.